The van der Waals surface area contributed by atoms with E-state index in [9.17, 15) is 14.4 Å². The Hall–Kier alpha value is -3.47. The van der Waals surface area contributed by atoms with Gasteiger partial charge in [-0.2, -0.15) is 10.4 Å². The number of allylic oxidation sites excluding steroid dienone is 1. The fourth-order valence-electron chi connectivity index (χ4n) is 2.87. The molecule has 0 aliphatic heterocycles. The number of hydrogen-bond donors (Lipinski definition) is 1. The van der Waals surface area contributed by atoms with Gasteiger partial charge in [-0.25, -0.2) is 9.48 Å². The molecule has 2 N–H and O–H groups in total. The highest BCUT2D eigenvalue weighted by molar-refractivity contribution is 6.05. The molecule has 0 amide bonds. The monoisotopic (exact) mass is 396 g/mol. The van der Waals surface area contributed by atoms with Crippen LogP contribution < -0.4 is 11.3 Å². The standard InChI is InChI=1S/C21H24N4O4/c1-3-4-5-8-11-25-20(27)16-10-7-6-9-15(16)19(24-25)21(28)29-13-18(26)17(12-22)14(2)23/h6-7,9-10H,3-5,8,11,13,23H2,1-2H3/b17-14-. The molecule has 0 aliphatic rings. The molecule has 0 radical (unpaired) electrons. The SMILES string of the molecule is CCCCCCn1nc(C(=O)OCC(=O)/C(C#N)=C(/C)N)c2ccccc2c1=O. The molecule has 1 aromatic heterocycles. The molecule has 2 rings (SSSR count). The molecule has 0 unspecified atom stereocenters. The van der Waals surface area contributed by atoms with Crippen molar-refractivity contribution in [3.63, 3.8) is 0 Å². The van der Waals surface area contributed by atoms with Crippen LogP contribution in [0, 0.1) is 11.3 Å². The maximum Gasteiger partial charge on any atom is 0.359 e. The quantitative estimate of drug-likeness (QED) is 0.298. The molecule has 1 heterocycles. The lowest BCUT2D eigenvalue weighted by atomic mass is 10.1. The fraction of sp³-hybridized carbons (Fsp3) is 0.381. The van der Waals surface area contributed by atoms with Gasteiger partial charge in [0.2, 0.25) is 5.78 Å². The molecular formula is C21H24N4O4. The number of aromatic nitrogens is 2. The molecule has 0 atom stereocenters. The van der Waals surface area contributed by atoms with Crippen LogP contribution in [0.25, 0.3) is 10.8 Å². The second-order valence-corrected chi connectivity index (χ2v) is 6.65. The van der Waals surface area contributed by atoms with Crippen molar-refractivity contribution < 1.29 is 14.3 Å². The van der Waals surface area contributed by atoms with Crippen LogP contribution in [0.2, 0.25) is 0 Å². The van der Waals surface area contributed by atoms with Crippen LogP contribution in [0.4, 0.5) is 0 Å². The molecule has 8 heteroatoms. The van der Waals surface area contributed by atoms with E-state index in [0.29, 0.717) is 17.3 Å². The number of esters is 1. The third kappa shape index (κ3) is 5.29. The zero-order chi connectivity index (χ0) is 21.4. The van der Waals surface area contributed by atoms with Crippen LogP contribution in [-0.2, 0) is 16.1 Å². The van der Waals surface area contributed by atoms with Gasteiger partial charge in [-0.05, 0) is 19.4 Å². The number of Topliss-reactive ketones (excluding diaryl/α,β-unsaturated/α-hetero) is 1. The molecule has 29 heavy (non-hydrogen) atoms. The van der Waals surface area contributed by atoms with E-state index < -0.39 is 18.4 Å². The highest BCUT2D eigenvalue weighted by Gasteiger charge is 2.20. The van der Waals surface area contributed by atoms with E-state index in [1.807, 2.05) is 0 Å². The van der Waals surface area contributed by atoms with Gasteiger partial charge in [-0.15, -0.1) is 0 Å². The van der Waals surface area contributed by atoms with Crippen molar-refractivity contribution >= 4 is 22.5 Å². The number of carbonyl (C=O) groups excluding carboxylic acids is 2. The van der Waals surface area contributed by atoms with Crippen LogP contribution in [0.15, 0.2) is 40.3 Å². The minimum Gasteiger partial charge on any atom is -0.452 e. The molecule has 0 saturated carbocycles. The average Bonchev–Trinajstić information content (AvgIpc) is 2.71. The van der Waals surface area contributed by atoms with Crippen molar-refractivity contribution in [2.24, 2.45) is 5.73 Å². The molecule has 2 aromatic rings. The lowest BCUT2D eigenvalue weighted by Gasteiger charge is -2.11. The van der Waals surface area contributed by atoms with Crippen LogP contribution in [-0.4, -0.2) is 28.1 Å². The highest BCUT2D eigenvalue weighted by Crippen LogP contribution is 2.15. The zero-order valence-electron chi connectivity index (χ0n) is 16.6. The maximum atomic E-state index is 12.7. The molecule has 1 aromatic carbocycles. The summed E-state index contributed by atoms with van der Waals surface area (Å²) in [5.41, 5.74) is 4.96. The summed E-state index contributed by atoms with van der Waals surface area (Å²) in [5, 5.41) is 13.9. The number of carbonyl (C=O) groups is 2. The number of benzene rings is 1. The number of nitrogens with two attached hydrogens (primary N) is 1. The first-order chi connectivity index (χ1) is 13.9. The number of fused-ring (bicyclic) bond motifs is 1. The Morgan fingerprint density at radius 2 is 1.90 bits per heavy atom. The van der Waals surface area contributed by atoms with Gasteiger partial charge in [-0.3, -0.25) is 9.59 Å². The number of aryl methyl sites for hydroxylation is 1. The summed E-state index contributed by atoms with van der Waals surface area (Å²) in [5.74, 6) is -1.54. The number of ketones is 1. The molecule has 0 bridgehead atoms. The zero-order valence-corrected chi connectivity index (χ0v) is 16.6. The van der Waals surface area contributed by atoms with Gasteiger partial charge >= 0.3 is 5.97 Å². The summed E-state index contributed by atoms with van der Waals surface area (Å²) in [6, 6.07) is 8.32. The minimum absolute atomic E-state index is 0.0459. The van der Waals surface area contributed by atoms with E-state index in [4.69, 9.17) is 15.7 Å². The second-order valence-electron chi connectivity index (χ2n) is 6.65. The van der Waals surface area contributed by atoms with Crippen molar-refractivity contribution in [2.75, 3.05) is 6.61 Å². The van der Waals surface area contributed by atoms with E-state index in [-0.39, 0.29) is 22.5 Å². The van der Waals surface area contributed by atoms with E-state index >= 15 is 0 Å². The van der Waals surface area contributed by atoms with Crippen molar-refractivity contribution in [3.05, 3.63) is 51.6 Å². The van der Waals surface area contributed by atoms with E-state index in [2.05, 4.69) is 12.0 Å². The highest BCUT2D eigenvalue weighted by atomic mass is 16.5. The van der Waals surface area contributed by atoms with Gasteiger partial charge in [-0.1, -0.05) is 44.4 Å². The number of ether oxygens (including phenoxy) is 1. The van der Waals surface area contributed by atoms with E-state index in [0.717, 1.165) is 25.7 Å². The number of nitrogens with zero attached hydrogens (tertiary/aromatic N) is 3. The first kappa shape index (κ1) is 21.8. The van der Waals surface area contributed by atoms with Crippen LogP contribution >= 0.6 is 0 Å². The Balaban J connectivity index is 2.31. The van der Waals surface area contributed by atoms with Crippen LogP contribution in [0.3, 0.4) is 0 Å². The third-order valence-corrected chi connectivity index (χ3v) is 4.40. The first-order valence-corrected chi connectivity index (χ1v) is 9.47. The smallest absolute Gasteiger partial charge is 0.359 e. The summed E-state index contributed by atoms with van der Waals surface area (Å²) in [7, 11) is 0. The van der Waals surface area contributed by atoms with Gasteiger partial charge in [0.25, 0.3) is 5.56 Å². The van der Waals surface area contributed by atoms with E-state index in [1.165, 1.54) is 11.6 Å². The fourth-order valence-corrected chi connectivity index (χ4v) is 2.87. The van der Waals surface area contributed by atoms with Gasteiger partial charge in [0, 0.05) is 17.6 Å². The molecular weight excluding hydrogens is 372 g/mol. The number of unbranched alkanes of at least 4 members (excludes halogenated alkanes) is 3. The third-order valence-electron chi connectivity index (χ3n) is 4.40. The second kappa shape index (κ2) is 10.2. The van der Waals surface area contributed by atoms with Crippen molar-refractivity contribution in [1.82, 2.24) is 9.78 Å². The number of hydrogen-bond acceptors (Lipinski definition) is 7. The number of rotatable bonds is 9. The molecule has 0 fully saturated rings. The Morgan fingerprint density at radius 3 is 2.52 bits per heavy atom. The Morgan fingerprint density at radius 1 is 1.21 bits per heavy atom. The summed E-state index contributed by atoms with van der Waals surface area (Å²) >= 11 is 0. The Kier molecular flexibility index (Phi) is 7.66. The predicted octanol–water partition coefficient (Wildman–Crippen LogP) is 2.46. The lowest BCUT2D eigenvalue weighted by molar-refractivity contribution is -0.118. The molecule has 8 nitrogen and oxygen atoms in total. The van der Waals surface area contributed by atoms with Crippen molar-refractivity contribution in [3.8, 4) is 6.07 Å². The molecule has 0 spiro atoms. The largest absolute Gasteiger partial charge is 0.452 e. The normalized spacial score (nSPS) is 11.6. The average molecular weight is 396 g/mol. The lowest BCUT2D eigenvalue weighted by Crippen LogP contribution is -2.27. The summed E-state index contributed by atoms with van der Waals surface area (Å²) < 4.78 is 6.33. The van der Waals surface area contributed by atoms with Gasteiger partial charge in [0.05, 0.1) is 5.39 Å². The minimum atomic E-state index is -0.844. The predicted molar refractivity (Wildman–Crippen MR) is 108 cm³/mol. The molecule has 0 saturated heterocycles. The van der Waals surface area contributed by atoms with Gasteiger partial charge in [0.15, 0.2) is 12.3 Å². The van der Waals surface area contributed by atoms with Crippen LogP contribution in [0.1, 0.15) is 50.0 Å². The van der Waals surface area contributed by atoms with Crippen molar-refractivity contribution in [2.45, 2.75) is 46.1 Å². The molecule has 0 aliphatic carbocycles. The summed E-state index contributed by atoms with van der Waals surface area (Å²) in [6.45, 7) is 3.26. The topological polar surface area (TPSA) is 128 Å². The summed E-state index contributed by atoms with van der Waals surface area (Å²) in [6.07, 6.45) is 3.83. The van der Waals surface area contributed by atoms with Gasteiger partial charge < -0.3 is 10.5 Å². The number of nitriles is 1. The van der Waals surface area contributed by atoms with Crippen molar-refractivity contribution in [1.29, 1.82) is 5.26 Å². The van der Waals surface area contributed by atoms with Gasteiger partial charge in [0.1, 0.15) is 11.6 Å². The Bertz CT molecular complexity index is 1040. The summed E-state index contributed by atoms with van der Waals surface area (Å²) in [4.78, 5) is 37.3. The molecule has 152 valence electrons. The van der Waals surface area contributed by atoms with E-state index in [1.54, 1.807) is 30.3 Å². The first-order valence-electron chi connectivity index (χ1n) is 9.47. The Labute approximate surface area is 168 Å². The maximum absolute atomic E-state index is 12.7. The van der Waals surface area contributed by atoms with Crippen LogP contribution in [0.5, 0.6) is 0 Å².